The van der Waals surface area contributed by atoms with Crippen molar-refractivity contribution >= 4 is 11.6 Å². The SMILES string of the molecule is CCc1cccc(C)c1NC(=O)CN(CC)Cc1ccc(OC)c(F)c1. The zero-order valence-corrected chi connectivity index (χ0v) is 15.9. The third kappa shape index (κ3) is 5.05. The van der Waals surface area contributed by atoms with Crippen LogP contribution in [0.15, 0.2) is 36.4 Å². The number of benzene rings is 2. The first-order valence-electron chi connectivity index (χ1n) is 8.91. The third-order valence-corrected chi connectivity index (χ3v) is 4.44. The molecule has 140 valence electrons. The lowest BCUT2D eigenvalue weighted by Gasteiger charge is -2.21. The number of halogens is 1. The van der Waals surface area contributed by atoms with Gasteiger partial charge in [-0.3, -0.25) is 9.69 Å². The minimum absolute atomic E-state index is 0.0650. The van der Waals surface area contributed by atoms with Crippen LogP contribution in [0.5, 0.6) is 5.75 Å². The molecular formula is C21H27FN2O2. The number of nitrogens with zero attached hydrogens (tertiary/aromatic N) is 1. The molecule has 5 heteroatoms. The number of hydrogen-bond donors (Lipinski definition) is 1. The van der Waals surface area contributed by atoms with Gasteiger partial charge in [0.2, 0.25) is 5.91 Å². The first kappa shape index (κ1) is 19.9. The average molecular weight is 358 g/mol. The zero-order valence-electron chi connectivity index (χ0n) is 15.9. The third-order valence-electron chi connectivity index (χ3n) is 4.44. The highest BCUT2D eigenvalue weighted by Crippen LogP contribution is 2.21. The molecule has 0 unspecified atom stereocenters. The van der Waals surface area contributed by atoms with Crippen molar-refractivity contribution in [3.8, 4) is 5.75 Å². The Balaban J connectivity index is 2.03. The van der Waals surface area contributed by atoms with Crippen LogP contribution in [-0.4, -0.2) is 31.0 Å². The molecule has 0 aromatic heterocycles. The molecule has 2 rings (SSSR count). The van der Waals surface area contributed by atoms with Gasteiger partial charge in [0, 0.05) is 12.2 Å². The molecule has 0 fully saturated rings. The second-order valence-corrected chi connectivity index (χ2v) is 6.28. The number of nitrogens with one attached hydrogen (secondary N) is 1. The molecule has 0 radical (unpaired) electrons. The highest BCUT2D eigenvalue weighted by Gasteiger charge is 2.14. The highest BCUT2D eigenvalue weighted by atomic mass is 19.1. The summed E-state index contributed by atoms with van der Waals surface area (Å²) in [5.41, 5.74) is 3.88. The van der Waals surface area contributed by atoms with Gasteiger partial charge in [-0.15, -0.1) is 0 Å². The van der Waals surface area contributed by atoms with E-state index in [1.54, 1.807) is 6.07 Å². The van der Waals surface area contributed by atoms with Gasteiger partial charge in [0.25, 0.3) is 0 Å². The van der Waals surface area contributed by atoms with Crippen molar-refractivity contribution in [2.75, 3.05) is 25.5 Å². The number of ether oxygens (including phenoxy) is 1. The van der Waals surface area contributed by atoms with Crippen LogP contribution in [0.1, 0.15) is 30.5 Å². The number of carbonyl (C=O) groups excluding carboxylic acids is 1. The van der Waals surface area contributed by atoms with Gasteiger partial charge in [-0.25, -0.2) is 4.39 Å². The monoisotopic (exact) mass is 358 g/mol. The van der Waals surface area contributed by atoms with Crippen LogP contribution in [-0.2, 0) is 17.8 Å². The average Bonchev–Trinajstić information content (AvgIpc) is 2.63. The number of likely N-dealkylation sites (N-methyl/N-ethyl adjacent to an activating group) is 1. The van der Waals surface area contributed by atoms with Gasteiger partial charge in [0.1, 0.15) is 0 Å². The molecule has 0 saturated carbocycles. The summed E-state index contributed by atoms with van der Waals surface area (Å²) in [5, 5.41) is 3.04. The molecule has 0 saturated heterocycles. The number of hydrogen-bond acceptors (Lipinski definition) is 3. The summed E-state index contributed by atoms with van der Waals surface area (Å²) in [6, 6.07) is 10.9. The number of anilines is 1. The van der Waals surface area contributed by atoms with Crippen molar-refractivity contribution in [3.05, 3.63) is 58.9 Å². The molecule has 0 aliphatic carbocycles. The Morgan fingerprint density at radius 3 is 2.62 bits per heavy atom. The number of para-hydroxylation sites is 1. The van der Waals surface area contributed by atoms with Crippen LogP contribution in [0.4, 0.5) is 10.1 Å². The van der Waals surface area contributed by atoms with Crippen molar-refractivity contribution in [3.63, 3.8) is 0 Å². The molecule has 0 heterocycles. The van der Waals surface area contributed by atoms with Crippen LogP contribution in [0.3, 0.4) is 0 Å². The summed E-state index contributed by atoms with van der Waals surface area (Å²) in [6.45, 7) is 7.49. The maximum absolute atomic E-state index is 13.9. The molecule has 0 aliphatic rings. The number of amides is 1. The van der Waals surface area contributed by atoms with Gasteiger partial charge in [0.15, 0.2) is 11.6 Å². The number of rotatable bonds is 8. The Hall–Kier alpha value is -2.40. The van der Waals surface area contributed by atoms with Gasteiger partial charge < -0.3 is 10.1 Å². The summed E-state index contributed by atoms with van der Waals surface area (Å²) in [7, 11) is 1.44. The van der Waals surface area contributed by atoms with Crippen LogP contribution in [0.2, 0.25) is 0 Å². The first-order valence-corrected chi connectivity index (χ1v) is 8.91. The topological polar surface area (TPSA) is 41.6 Å². The summed E-state index contributed by atoms with van der Waals surface area (Å²) in [6.07, 6.45) is 0.861. The van der Waals surface area contributed by atoms with Crippen molar-refractivity contribution < 1.29 is 13.9 Å². The minimum Gasteiger partial charge on any atom is -0.494 e. The van der Waals surface area contributed by atoms with E-state index in [1.165, 1.54) is 13.2 Å². The summed E-state index contributed by atoms with van der Waals surface area (Å²) < 4.78 is 18.8. The summed E-state index contributed by atoms with van der Waals surface area (Å²) in [5.74, 6) is -0.232. The van der Waals surface area contributed by atoms with E-state index in [9.17, 15) is 9.18 Å². The van der Waals surface area contributed by atoms with E-state index in [-0.39, 0.29) is 18.2 Å². The molecule has 0 bridgehead atoms. The highest BCUT2D eigenvalue weighted by molar-refractivity contribution is 5.93. The fourth-order valence-electron chi connectivity index (χ4n) is 2.93. The van der Waals surface area contributed by atoms with Crippen molar-refractivity contribution in [2.24, 2.45) is 0 Å². The van der Waals surface area contributed by atoms with E-state index in [1.807, 2.05) is 43.0 Å². The van der Waals surface area contributed by atoms with E-state index in [0.29, 0.717) is 13.1 Å². The molecule has 4 nitrogen and oxygen atoms in total. The van der Waals surface area contributed by atoms with Crippen molar-refractivity contribution in [1.29, 1.82) is 0 Å². The Bertz CT molecular complexity index is 762. The lowest BCUT2D eigenvalue weighted by molar-refractivity contribution is -0.117. The maximum Gasteiger partial charge on any atom is 0.238 e. The van der Waals surface area contributed by atoms with E-state index in [0.717, 1.165) is 28.8 Å². The van der Waals surface area contributed by atoms with E-state index >= 15 is 0 Å². The van der Waals surface area contributed by atoms with Crippen LogP contribution in [0, 0.1) is 12.7 Å². The number of carbonyl (C=O) groups is 1. The fraction of sp³-hybridized carbons (Fsp3) is 0.381. The lowest BCUT2D eigenvalue weighted by atomic mass is 10.1. The second-order valence-electron chi connectivity index (χ2n) is 6.28. The van der Waals surface area contributed by atoms with Crippen LogP contribution >= 0.6 is 0 Å². The first-order chi connectivity index (χ1) is 12.5. The summed E-state index contributed by atoms with van der Waals surface area (Å²) >= 11 is 0. The minimum atomic E-state index is -0.391. The summed E-state index contributed by atoms with van der Waals surface area (Å²) in [4.78, 5) is 14.5. The number of aryl methyl sites for hydroxylation is 2. The molecule has 2 aromatic carbocycles. The smallest absolute Gasteiger partial charge is 0.238 e. The van der Waals surface area contributed by atoms with Crippen LogP contribution < -0.4 is 10.1 Å². The Labute approximate surface area is 155 Å². The molecule has 2 aromatic rings. The van der Waals surface area contributed by atoms with Crippen molar-refractivity contribution in [2.45, 2.75) is 33.7 Å². The second kappa shape index (κ2) is 9.34. The molecule has 0 aliphatic heterocycles. The van der Waals surface area contributed by atoms with E-state index in [4.69, 9.17) is 4.74 Å². The van der Waals surface area contributed by atoms with Gasteiger partial charge in [-0.2, -0.15) is 0 Å². The van der Waals surface area contributed by atoms with Gasteiger partial charge in [0.05, 0.1) is 13.7 Å². The van der Waals surface area contributed by atoms with E-state index < -0.39 is 5.82 Å². The fourth-order valence-corrected chi connectivity index (χ4v) is 2.93. The van der Waals surface area contributed by atoms with Crippen molar-refractivity contribution in [1.82, 2.24) is 4.90 Å². The molecular weight excluding hydrogens is 331 g/mol. The zero-order chi connectivity index (χ0) is 19.1. The van der Waals surface area contributed by atoms with Crippen LogP contribution in [0.25, 0.3) is 0 Å². The quantitative estimate of drug-likeness (QED) is 0.770. The predicted molar refractivity (Wildman–Crippen MR) is 103 cm³/mol. The lowest BCUT2D eigenvalue weighted by Crippen LogP contribution is -2.33. The van der Waals surface area contributed by atoms with Gasteiger partial charge in [-0.1, -0.05) is 38.1 Å². The Morgan fingerprint density at radius 2 is 2.00 bits per heavy atom. The Kier molecular flexibility index (Phi) is 7.16. The van der Waals surface area contributed by atoms with Gasteiger partial charge in [-0.05, 0) is 48.7 Å². The van der Waals surface area contributed by atoms with E-state index in [2.05, 4.69) is 12.2 Å². The number of methoxy groups -OCH3 is 1. The molecule has 0 spiro atoms. The normalized spacial score (nSPS) is 10.8. The predicted octanol–water partition coefficient (Wildman–Crippen LogP) is 4.17. The Morgan fingerprint density at radius 1 is 1.23 bits per heavy atom. The molecule has 1 amide bonds. The molecule has 1 N–H and O–H groups in total. The maximum atomic E-state index is 13.9. The molecule has 26 heavy (non-hydrogen) atoms. The van der Waals surface area contributed by atoms with Gasteiger partial charge >= 0.3 is 0 Å². The largest absolute Gasteiger partial charge is 0.494 e. The standard InChI is InChI=1S/C21H27FN2O2/c1-5-17-9-7-8-15(3)21(17)23-20(25)14-24(6-2)13-16-10-11-19(26-4)18(22)12-16/h7-12H,5-6,13-14H2,1-4H3,(H,23,25). The molecule has 0 atom stereocenters.